The molecule has 0 saturated carbocycles. The fourth-order valence-corrected chi connectivity index (χ4v) is 1.97. The van der Waals surface area contributed by atoms with Crippen molar-refractivity contribution in [3.63, 3.8) is 0 Å². The molecule has 16 heavy (non-hydrogen) atoms. The number of fused-ring (bicyclic) bond motifs is 1. The fraction of sp³-hybridized carbons (Fsp3) is 0.417. The Balaban J connectivity index is 2.12. The number of rotatable bonds is 3. The maximum atomic E-state index is 11.6. The summed E-state index contributed by atoms with van der Waals surface area (Å²) in [6, 6.07) is 5.09. The number of hydrogen-bond acceptors (Lipinski definition) is 4. The molecular weight excluding hydrogens is 206 g/mol. The molecule has 0 aliphatic carbocycles. The number of ketones is 1. The first-order chi connectivity index (χ1) is 7.70. The molecule has 0 amide bonds. The quantitative estimate of drug-likeness (QED) is 0.785. The predicted octanol–water partition coefficient (Wildman–Crippen LogP) is 0.622. The molecule has 1 atom stereocenters. The van der Waals surface area contributed by atoms with Gasteiger partial charge in [0.1, 0.15) is 12.4 Å². The number of benzene rings is 1. The molecule has 86 valence electrons. The molecule has 4 nitrogen and oxygen atoms in total. The molecule has 0 bridgehead atoms. The van der Waals surface area contributed by atoms with Crippen LogP contribution >= 0.6 is 0 Å². The maximum absolute atomic E-state index is 11.6. The number of methoxy groups -OCH3 is 1. The summed E-state index contributed by atoms with van der Waals surface area (Å²) in [5.41, 5.74) is 2.17. The number of phenolic OH excluding ortho intramolecular Hbond substituents is 1. The van der Waals surface area contributed by atoms with Crippen LogP contribution in [0.1, 0.15) is 11.1 Å². The van der Waals surface area contributed by atoms with E-state index in [0.29, 0.717) is 13.0 Å². The third-order valence-electron chi connectivity index (χ3n) is 2.83. The molecule has 0 spiro atoms. The topological polar surface area (TPSA) is 58.6 Å². The molecule has 1 heterocycles. The van der Waals surface area contributed by atoms with E-state index < -0.39 is 0 Å². The molecule has 1 aromatic rings. The maximum Gasteiger partial charge on any atom is 0.175 e. The van der Waals surface area contributed by atoms with Gasteiger partial charge < -0.3 is 15.2 Å². The van der Waals surface area contributed by atoms with Crippen molar-refractivity contribution in [3.05, 3.63) is 29.3 Å². The lowest BCUT2D eigenvalue weighted by atomic mass is 9.93. The zero-order valence-electron chi connectivity index (χ0n) is 9.19. The summed E-state index contributed by atoms with van der Waals surface area (Å²) in [6.07, 6.45) is 0.664. The summed E-state index contributed by atoms with van der Waals surface area (Å²) in [6.45, 7) is 0.759. The highest BCUT2D eigenvalue weighted by atomic mass is 16.5. The van der Waals surface area contributed by atoms with E-state index in [1.54, 1.807) is 12.1 Å². The number of carbonyl (C=O) groups is 1. The first-order valence-electron chi connectivity index (χ1n) is 5.26. The van der Waals surface area contributed by atoms with Crippen LogP contribution in [0.5, 0.6) is 5.75 Å². The van der Waals surface area contributed by atoms with Gasteiger partial charge in [0.25, 0.3) is 0 Å². The molecule has 0 unspecified atom stereocenters. The SMILES string of the molecule is COCC(=O)[C@@H]1Cc2ccc(O)cc2CN1. The minimum Gasteiger partial charge on any atom is -0.508 e. The zero-order chi connectivity index (χ0) is 11.5. The van der Waals surface area contributed by atoms with Crippen LogP contribution in [-0.2, 0) is 22.5 Å². The van der Waals surface area contributed by atoms with E-state index in [2.05, 4.69) is 5.32 Å². The molecule has 2 rings (SSSR count). The lowest BCUT2D eigenvalue weighted by Gasteiger charge is -2.25. The Labute approximate surface area is 94.2 Å². The average molecular weight is 221 g/mol. The smallest absolute Gasteiger partial charge is 0.175 e. The summed E-state index contributed by atoms with van der Waals surface area (Å²) in [5.74, 6) is 0.337. The van der Waals surface area contributed by atoms with Crippen LogP contribution in [0.25, 0.3) is 0 Å². The van der Waals surface area contributed by atoms with Crippen molar-refractivity contribution in [3.8, 4) is 5.75 Å². The van der Waals surface area contributed by atoms with Crippen LogP contribution in [0.4, 0.5) is 0 Å². The Morgan fingerprint density at radius 3 is 3.12 bits per heavy atom. The van der Waals surface area contributed by atoms with Crippen LogP contribution < -0.4 is 5.32 Å². The molecule has 1 aromatic carbocycles. The Hall–Kier alpha value is -1.39. The van der Waals surface area contributed by atoms with Gasteiger partial charge in [-0.05, 0) is 29.7 Å². The van der Waals surface area contributed by atoms with E-state index >= 15 is 0 Å². The Bertz CT molecular complexity index is 403. The van der Waals surface area contributed by atoms with Gasteiger partial charge in [-0.15, -0.1) is 0 Å². The predicted molar refractivity (Wildman–Crippen MR) is 59.3 cm³/mol. The highest BCUT2D eigenvalue weighted by Crippen LogP contribution is 2.21. The third kappa shape index (κ3) is 2.23. The van der Waals surface area contributed by atoms with Crippen molar-refractivity contribution in [2.75, 3.05) is 13.7 Å². The molecule has 1 aliphatic heterocycles. The average Bonchev–Trinajstić information content (AvgIpc) is 2.28. The first kappa shape index (κ1) is 11.1. The van der Waals surface area contributed by atoms with Crippen LogP contribution in [0.3, 0.4) is 0 Å². The van der Waals surface area contributed by atoms with Gasteiger partial charge in [0.05, 0.1) is 6.04 Å². The van der Waals surface area contributed by atoms with Crippen LogP contribution in [0.15, 0.2) is 18.2 Å². The molecule has 2 N–H and O–H groups in total. The Kier molecular flexibility index (Phi) is 3.22. The van der Waals surface area contributed by atoms with E-state index in [9.17, 15) is 9.90 Å². The number of carbonyl (C=O) groups excluding carboxylic acids is 1. The van der Waals surface area contributed by atoms with Crippen LogP contribution in [0.2, 0.25) is 0 Å². The van der Waals surface area contributed by atoms with E-state index in [1.807, 2.05) is 6.07 Å². The largest absolute Gasteiger partial charge is 0.508 e. The number of hydrogen-bond donors (Lipinski definition) is 2. The van der Waals surface area contributed by atoms with Crippen molar-refractivity contribution >= 4 is 5.78 Å². The van der Waals surface area contributed by atoms with E-state index in [-0.39, 0.29) is 24.2 Å². The van der Waals surface area contributed by atoms with Gasteiger partial charge >= 0.3 is 0 Å². The normalized spacial score (nSPS) is 19.2. The highest BCUT2D eigenvalue weighted by molar-refractivity contribution is 5.85. The van der Waals surface area contributed by atoms with Crippen molar-refractivity contribution in [1.29, 1.82) is 0 Å². The van der Waals surface area contributed by atoms with Crippen molar-refractivity contribution in [1.82, 2.24) is 5.32 Å². The minimum absolute atomic E-state index is 0.0706. The molecular formula is C12H15NO3. The molecule has 1 aliphatic rings. The van der Waals surface area contributed by atoms with Gasteiger partial charge in [0, 0.05) is 13.7 Å². The molecule has 4 heteroatoms. The lowest BCUT2D eigenvalue weighted by Crippen LogP contribution is -2.43. The number of Topliss-reactive ketones (excluding diaryl/α,β-unsaturated/α-hetero) is 1. The first-order valence-corrected chi connectivity index (χ1v) is 5.26. The van der Waals surface area contributed by atoms with Crippen molar-refractivity contribution < 1.29 is 14.6 Å². The fourth-order valence-electron chi connectivity index (χ4n) is 1.97. The van der Waals surface area contributed by atoms with Gasteiger partial charge in [-0.25, -0.2) is 0 Å². The highest BCUT2D eigenvalue weighted by Gasteiger charge is 2.23. The summed E-state index contributed by atoms with van der Waals surface area (Å²) >= 11 is 0. The summed E-state index contributed by atoms with van der Waals surface area (Å²) < 4.78 is 4.83. The van der Waals surface area contributed by atoms with E-state index in [4.69, 9.17) is 4.74 Å². The van der Waals surface area contributed by atoms with Crippen LogP contribution in [-0.4, -0.2) is 30.6 Å². The summed E-state index contributed by atoms with van der Waals surface area (Å²) in [4.78, 5) is 11.6. The van der Waals surface area contributed by atoms with Gasteiger partial charge in [-0.3, -0.25) is 4.79 Å². The third-order valence-corrected chi connectivity index (χ3v) is 2.83. The van der Waals surface area contributed by atoms with Gasteiger partial charge in [-0.1, -0.05) is 6.07 Å². The standard InChI is InChI=1S/C12H15NO3/c1-16-7-12(15)11-5-8-2-3-10(14)4-9(8)6-13-11/h2-4,11,13-14H,5-7H2,1H3/t11-/m0/s1. The second-order valence-corrected chi connectivity index (χ2v) is 3.99. The van der Waals surface area contributed by atoms with Gasteiger partial charge in [0.2, 0.25) is 0 Å². The molecule has 0 fully saturated rings. The number of ether oxygens (including phenoxy) is 1. The van der Waals surface area contributed by atoms with E-state index in [0.717, 1.165) is 11.1 Å². The summed E-state index contributed by atoms with van der Waals surface area (Å²) in [5, 5.41) is 12.5. The molecule has 0 saturated heterocycles. The van der Waals surface area contributed by atoms with Crippen LogP contribution in [0, 0.1) is 0 Å². The molecule has 0 aromatic heterocycles. The Morgan fingerprint density at radius 2 is 2.38 bits per heavy atom. The second-order valence-electron chi connectivity index (χ2n) is 3.99. The number of phenols is 1. The number of nitrogens with one attached hydrogen (secondary N) is 1. The monoisotopic (exact) mass is 221 g/mol. The zero-order valence-corrected chi connectivity index (χ0v) is 9.19. The van der Waals surface area contributed by atoms with Crippen molar-refractivity contribution in [2.45, 2.75) is 19.0 Å². The lowest BCUT2D eigenvalue weighted by molar-refractivity contribution is -0.124. The van der Waals surface area contributed by atoms with Gasteiger partial charge in [0.15, 0.2) is 5.78 Å². The van der Waals surface area contributed by atoms with E-state index in [1.165, 1.54) is 7.11 Å². The van der Waals surface area contributed by atoms with Gasteiger partial charge in [-0.2, -0.15) is 0 Å². The van der Waals surface area contributed by atoms with Crippen molar-refractivity contribution in [2.24, 2.45) is 0 Å². The second kappa shape index (κ2) is 4.63. The summed E-state index contributed by atoms with van der Waals surface area (Å²) in [7, 11) is 1.52. The Morgan fingerprint density at radius 1 is 1.56 bits per heavy atom. The molecule has 0 radical (unpaired) electrons. The number of aromatic hydroxyl groups is 1. The minimum atomic E-state index is -0.169.